The van der Waals surface area contributed by atoms with Gasteiger partial charge in [0.25, 0.3) is 26.0 Å². The van der Waals surface area contributed by atoms with Crippen LogP contribution in [0.4, 0.5) is 22.7 Å². The number of hydrogen-bond acceptors (Lipinski definition) is 7. The lowest BCUT2D eigenvalue weighted by molar-refractivity contribution is -0.116. The van der Waals surface area contributed by atoms with Gasteiger partial charge < -0.3 is 0 Å². The third-order valence-corrected chi connectivity index (χ3v) is 16.0. The van der Waals surface area contributed by atoms with Gasteiger partial charge in [0, 0.05) is 22.0 Å². The highest BCUT2D eigenvalue weighted by molar-refractivity contribution is 8.01. The van der Waals surface area contributed by atoms with Gasteiger partial charge in [-0.1, -0.05) is 122 Å². The fourth-order valence-corrected chi connectivity index (χ4v) is 11.1. The minimum Gasteiger partial charge on any atom is -0.280 e. The maximum Gasteiger partial charge on any atom is 0.267 e. The summed E-state index contributed by atoms with van der Waals surface area (Å²) in [7, 11) is -6.89. The summed E-state index contributed by atoms with van der Waals surface area (Å²) in [5, 5.41) is -0.892. The normalized spacial score (nSPS) is 15.3. The highest BCUT2D eigenvalue weighted by atomic mass is 35.5. The molecular formula is C35H22Cl9N5O5S3. The summed E-state index contributed by atoms with van der Waals surface area (Å²) in [5.41, 5.74) is 3.85. The molecule has 1 aliphatic heterocycles. The molecule has 57 heavy (non-hydrogen) atoms. The van der Waals surface area contributed by atoms with Gasteiger partial charge in [-0.15, -0.1) is 11.8 Å². The number of benzene rings is 5. The highest BCUT2D eigenvalue weighted by Crippen LogP contribution is 2.49. The van der Waals surface area contributed by atoms with E-state index in [1.165, 1.54) is 73.8 Å². The molecule has 5 aromatic carbocycles. The van der Waals surface area contributed by atoms with E-state index in [0.29, 0.717) is 4.90 Å². The third kappa shape index (κ3) is 9.15. The highest BCUT2D eigenvalue weighted by Gasteiger charge is 2.42. The van der Waals surface area contributed by atoms with Crippen molar-refractivity contribution in [2.75, 3.05) is 21.1 Å². The second-order valence-electron chi connectivity index (χ2n) is 12.0. The molecule has 0 aromatic heterocycles. The van der Waals surface area contributed by atoms with E-state index in [4.69, 9.17) is 104 Å². The second-order valence-corrected chi connectivity index (χ2v) is 20.4. The van der Waals surface area contributed by atoms with Gasteiger partial charge in [-0.05, 0) is 73.7 Å². The zero-order valence-corrected chi connectivity index (χ0v) is 37.8. The number of hydrogen-bond donors (Lipinski definition) is 2. The Balaban J connectivity index is 1.42. The summed E-state index contributed by atoms with van der Waals surface area (Å²) in [6.07, 6.45) is 0. The van der Waals surface area contributed by atoms with Crippen molar-refractivity contribution in [3.8, 4) is 0 Å². The number of amides is 1. The van der Waals surface area contributed by atoms with Gasteiger partial charge in [0.2, 0.25) is 0 Å². The lowest BCUT2D eigenvalue weighted by Gasteiger charge is -2.21. The van der Waals surface area contributed by atoms with Crippen LogP contribution in [0.2, 0.25) is 45.2 Å². The van der Waals surface area contributed by atoms with Gasteiger partial charge in [-0.3, -0.25) is 19.2 Å². The Bertz CT molecular complexity index is 2700. The van der Waals surface area contributed by atoms with Crippen molar-refractivity contribution in [1.82, 2.24) is 5.43 Å². The number of anilines is 3. The zero-order chi connectivity index (χ0) is 41.7. The molecule has 1 fully saturated rings. The van der Waals surface area contributed by atoms with Gasteiger partial charge >= 0.3 is 0 Å². The first-order valence-electron chi connectivity index (χ1n) is 15.7. The van der Waals surface area contributed by atoms with E-state index in [9.17, 15) is 21.6 Å². The van der Waals surface area contributed by atoms with Crippen LogP contribution in [0.5, 0.6) is 0 Å². The van der Waals surface area contributed by atoms with Crippen molar-refractivity contribution in [3.05, 3.63) is 130 Å². The smallest absolute Gasteiger partial charge is 0.267 e. The van der Waals surface area contributed by atoms with E-state index in [1.807, 2.05) is 6.92 Å². The van der Waals surface area contributed by atoms with Gasteiger partial charge in [-0.25, -0.2) is 26.8 Å². The summed E-state index contributed by atoms with van der Waals surface area (Å²) in [4.78, 5) is 19.2. The molecule has 10 nitrogen and oxygen atoms in total. The molecule has 1 aliphatic rings. The number of aryl methyl sites for hydroxylation is 1. The first-order valence-corrected chi connectivity index (χ1v) is 22.9. The SMILES string of the molecule is Cc1ccc(S(=O)(=O)N(C)c2cc(Cl)cc(SC3C(=O)N(c4c(Cl)c(Cl)c(Cl)c(Cl)c4Cl)NC3=Nc3cc(NS(=O)(=O)c4ccc(Cl)cc4Cl)ccc3Cl)c2)cc1. The molecule has 1 saturated heterocycles. The zero-order valence-electron chi connectivity index (χ0n) is 28.6. The summed E-state index contributed by atoms with van der Waals surface area (Å²) in [6, 6.07) is 18.8. The van der Waals surface area contributed by atoms with E-state index in [0.717, 1.165) is 26.6 Å². The Kier molecular flexibility index (Phi) is 13.3. The molecule has 298 valence electrons. The van der Waals surface area contributed by atoms with E-state index >= 15 is 0 Å². The first-order chi connectivity index (χ1) is 26.7. The topological polar surface area (TPSA) is 128 Å². The van der Waals surface area contributed by atoms with Gasteiger partial charge in [0.15, 0.2) is 0 Å². The number of nitrogens with one attached hydrogen (secondary N) is 2. The first kappa shape index (κ1) is 44.1. The number of halogens is 9. The lowest BCUT2D eigenvalue weighted by Crippen LogP contribution is -2.36. The van der Waals surface area contributed by atoms with Crippen LogP contribution >= 0.6 is 116 Å². The number of amidine groups is 1. The van der Waals surface area contributed by atoms with Crippen LogP contribution in [-0.4, -0.2) is 40.9 Å². The number of thioether (sulfide) groups is 1. The molecule has 0 aliphatic carbocycles. The molecule has 1 amide bonds. The summed E-state index contributed by atoms with van der Waals surface area (Å²) in [5.74, 6) is -0.742. The average molecular weight is 1010 g/mol. The van der Waals surface area contributed by atoms with Crippen LogP contribution in [0.3, 0.4) is 0 Å². The van der Waals surface area contributed by atoms with Crippen molar-refractivity contribution < 1.29 is 21.6 Å². The third-order valence-electron chi connectivity index (χ3n) is 8.11. The molecule has 2 N–H and O–H groups in total. The van der Waals surface area contributed by atoms with E-state index in [2.05, 4.69) is 15.1 Å². The van der Waals surface area contributed by atoms with E-state index < -0.39 is 31.2 Å². The molecule has 0 saturated carbocycles. The second kappa shape index (κ2) is 17.2. The number of carbonyl (C=O) groups is 1. The molecule has 1 atom stereocenters. The Morgan fingerprint density at radius 2 is 1.37 bits per heavy atom. The molecule has 5 aromatic rings. The Labute approximate surface area is 376 Å². The van der Waals surface area contributed by atoms with E-state index in [-0.39, 0.29) is 83.6 Å². The molecule has 0 spiro atoms. The van der Waals surface area contributed by atoms with Crippen molar-refractivity contribution in [3.63, 3.8) is 0 Å². The fraction of sp³-hybridized carbons (Fsp3) is 0.0857. The number of hydrazine groups is 1. The van der Waals surface area contributed by atoms with Crippen LogP contribution in [-0.2, 0) is 24.8 Å². The minimum atomic E-state index is -4.23. The molecule has 0 bridgehead atoms. The molecule has 6 rings (SSSR count). The Hall–Kier alpha value is -2.50. The minimum absolute atomic E-state index is 0.0156. The fourth-order valence-electron chi connectivity index (χ4n) is 5.24. The number of sulfonamides is 2. The van der Waals surface area contributed by atoms with Crippen molar-refractivity contribution in [1.29, 1.82) is 0 Å². The number of aliphatic imine (C=N–C) groups is 1. The summed E-state index contributed by atoms with van der Waals surface area (Å²) >= 11 is 58.2. The molecule has 1 heterocycles. The maximum absolute atomic E-state index is 14.4. The van der Waals surface area contributed by atoms with Crippen molar-refractivity contribution in [2.24, 2.45) is 4.99 Å². The largest absolute Gasteiger partial charge is 0.280 e. The van der Waals surface area contributed by atoms with Crippen molar-refractivity contribution in [2.45, 2.75) is 26.9 Å². The van der Waals surface area contributed by atoms with E-state index in [1.54, 1.807) is 12.1 Å². The van der Waals surface area contributed by atoms with Crippen molar-refractivity contribution >= 4 is 171 Å². The molecule has 0 radical (unpaired) electrons. The van der Waals surface area contributed by atoms with Crippen LogP contribution in [0, 0.1) is 6.92 Å². The number of nitrogens with zero attached hydrogens (tertiary/aromatic N) is 3. The molecule has 22 heteroatoms. The predicted molar refractivity (Wildman–Crippen MR) is 236 cm³/mol. The maximum atomic E-state index is 14.4. The molecular weight excluding hydrogens is 986 g/mol. The lowest BCUT2D eigenvalue weighted by atomic mass is 10.2. The van der Waals surface area contributed by atoms with Crippen LogP contribution in [0.1, 0.15) is 5.56 Å². The van der Waals surface area contributed by atoms with Gasteiger partial charge in [0.05, 0.1) is 57.1 Å². The van der Waals surface area contributed by atoms with Gasteiger partial charge in [-0.2, -0.15) is 0 Å². The Morgan fingerprint density at radius 3 is 2.00 bits per heavy atom. The summed E-state index contributed by atoms with van der Waals surface area (Å²) < 4.78 is 57.2. The van der Waals surface area contributed by atoms with Crippen LogP contribution in [0.25, 0.3) is 0 Å². The summed E-state index contributed by atoms with van der Waals surface area (Å²) in [6.45, 7) is 1.84. The standard InChI is InChI=1S/C35H22Cl9N5O5S3/c1-16-3-7-22(8-4-16)57(53,54)48(2)20-11-18(37)12-21(15-20)55-33-34(46-49(35(33)50)32-30(43)28(41)27(40)29(42)31(32)44)45-25-14-19(6-9-23(25)38)47-56(51,52)26-10-5-17(36)13-24(26)39/h3-15,33,47H,1-2H3,(H,45,46). The van der Waals surface area contributed by atoms with Crippen LogP contribution < -0.4 is 19.5 Å². The number of rotatable bonds is 10. The monoisotopic (exact) mass is 1000 g/mol. The predicted octanol–water partition coefficient (Wildman–Crippen LogP) is 12.2. The van der Waals surface area contributed by atoms with Crippen LogP contribution in [0.15, 0.2) is 98.5 Å². The molecule has 1 unspecified atom stereocenters. The quantitative estimate of drug-likeness (QED) is 0.105. The van der Waals surface area contributed by atoms with Gasteiger partial charge in [0.1, 0.15) is 21.7 Å². The number of carbonyl (C=O) groups excluding carboxylic acids is 1. The average Bonchev–Trinajstić information content (AvgIpc) is 3.43. The Morgan fingerprint density at radius 1 is 0.737 bits per heavy atom.